The van der Waals surface area contributed by atoms with Crippen molar-refractivity contribution in [3.63, 3.8) is 0 Å². The molecule has 0 spiro atoms. The molecule has 0 radical (unpaired) electrons. The van der Waals surface area contributed by atoms with E-state index in [1.807, 2.05) is 38.3 Å². The van der Waals surface area contributed by atoms with Gasteiger partial charge in [-0.05, 0) is 30.3 Å². The lowest BCUT2D eigenvalue weighted by Gasteiger charge is -2.19. The van der Waals surface area contributed by atoms with E-state index in [0.717, 1.165) is 0 Å². The summed E-state index contributed by atoms with van der Waals surface area (Å²) in [5.41, 5.74) is 2.42. The van der Waals surface area contributed by atoms with E-state index < -0.39 is 0 Å². The van der Waals surface area contributed by atoms with Crippen LogP contribution >= 0.6 is 0 Å². The predicted molar refractivity (Wildman–Crippen MR) is 69.6 cm³/mol. The summed E-state index contributed by atoms with van der Waals surface area (Å²) >= 11 is 0. The van der Waals surface area contributed by atoms with Crippen molar-refractivity contribution in [2.75, 3.05) is 0 Å². The van der Waals surface area contributed by atoms with Gasteiger partial charge in [0.05, 0.1) is 0 Å². The van der Waals surface area contributed by atoms with E-state index in [1.165, 1.54) is 11.1 Å². The molecule has 0 aromatic carbocycles. The summed E-state index contributed by atoms with van der Waals surface area (Å²) in [7, 11) is 0. The Kier molecular flexibility index (Phi) is 7.08. The minimum absolute atomic E-state index is 0.342. The molecule has 1 heteroatoms. The Morgan fingerprint density at radius 1 is 1.33 bits per heavy atom. The minimum atomic E-state index is 0.342. The highest BCUT2D eigenvalue weighted by Crippen LogP contribution is 2.17. The molecule has 0 bridgehead atoms. The predicted octanol–water partition coefficient (Wildman–Crippen LogP) is 3.74. The van der Waals surface area contributed by atoms with Crippen molar-refractivity contribution in [1.82, 2.24) is 5.32 Å². The van der Waals surface area contributed by atoms with Crippen LogP contribution in [-0.2, 0) is 0 Å². The quantitative estimate of drug-likeness (QED) is 0.689. The van der Waals surface area contributed by atoms with Crippen LogP contribution in [0.25, 0.3) is 0 Å². The maximum absolute atomic E-state index is 3.78. The smallest absolute Gasteiger partial charge is 0.0486 e. The van der Waals surface area contributed by atoms with Crippen LogP contribution in [0.2, 0.25) is 0 Å². The van der Waals surface area contributed by atoms with Crippen LogP contribution in [0.5, 0.6) is 0 Å². The molecule has 1 unspecified atom stereocenters. The van der Waals surface area contributed by atoms with Crippen LogP contribution in [0, 0.1) is 0 Å². The molecule has 1 heterocycles. The van der Waals surface area contributed by atoms with Crippen molar-refractivity contribution in [3.05, 3.63) is 60.9 Å². The molecular formula is C14H21N. The van der Waals surface area contributed by atoms with Crippen LogP contribution in [0.1, 0.15) is 20.8 Å². The Bertz CT molecular complexity index is 292. The van der Waals surface area contributed by atoms with Crippen molar-refractivity contribution >= 4 is 0 Å². The molecule has 0 aromatic heterocycles. The Hall–Kier alpha value is -1.50. The molecule has 0 aromatic rings. The molecule has 1 N–H and O–H groups in total. The van der Waals surface area contributed by atoms with Gasteiger partial charge in [0.1, 0.15) is 0 Å². The molecule has 82 valence electrons. The zero-order chi connectivity index (χ0) is 11.7. The molecule has 0 saturated carbocycles. The van der Waals surface area contributed by atoms with Gasteiger partial charge in [-0.25, -0.2) is 0 Å². The van der Waals surface area contributed by atoms with E-state index in [0.29, 0.717) is 6.04 Å². The number of dihydropyridines is 1. The number of hydrogen-bond donors (Lipinski definition) is 1. The number of allylic oxidation sites excluding steroid dienone is 5. The molecule has 1 atom stereocenters. The third-order valence-electron chi connectivity index (χ3n) is 2.04. The molecule has 1 aliphatic heterocycles. The lowest BCUT2D eigenvalue weighted by atomic mass is 9.98. The second kappa shape index (κ2) is 7.86. The molecule has 0 aliphatic carbocycles. The SMILES string of the molecule is C=C/C=C\C1=C(C=C)C=CNC1C.CC. The zero-order valence-electron chi connectivity index (χ0n) is 9.96. The van der Waals surface area contributed by atoms with Gasteiger partial charge in [0.25, 0.3) is 0 Å². The highest BCUT2D eigenvalue weighted by atomic mass is 14.9. The molecule has 0 saturated heterocycles. The van der Waals surface area contributed by atoms with Gasteiger partial charge in [-0.1, -0.05) is 51.3 Å². The van der Waals surface area contributed by atoms with Crippen LogP contribution in [0.15, 0.2) is 60.9 Å². The highest BCUT2D eigenvalue weighted by molar-refractivity contribution is 5.45. The third-order valence-corrected chi connectivity index (χ3v) is 2.04. The number of rotatable bonds is 3. The van der Waals surface area contributed by atoms with E-state index in [2.05, 4.69) is 31.5 Å². The van der Waals surface area contributed by atoms with Gasteiger partial charge in [-0.15, -0.1) is 0 Å². The van der Waals surface area contributed by atoms with Gasteiger partial charge in [0.15, 0.2) is 0 Å². The number of nitrogens with one attached hydrogen (secondary N) is 1. The fraction of sp³-hybridized carbons (Fsp3) is 0.286. The summed E-state index contributed by atoms with van der Waals surface area (Å²) in [6, 6.07) is 0.342. The highest BCUT2D eigenvalue weighted by Gasteiger charge is 2.09. The van der Waals surface area contributed by atoms with Crippen molar-refractivity contribution in [2.24, 2.45) is 0 Å². The second-order valence-electron chi connectivity index (χ2n) is 2.93. The molecule has 1 nitrogen and oxygen atoms in total. The maximum Gasteiger partial charge on any atom is 0.0486 e. The molecule has 0 fully saturated rings. The summed E-state index contributed by atoms with van der Waals surface area (Å²) in [4.78, 5) is 0. The molecule has 1 rings (SSSR count). The van der Waals surface area contributed by atoms with E-state index >= 15 is 0 Å². The van der Waals surface area contributed by atoms with Crippen LogP contribution in [-0.4, -0.2) is 6.04 Å². The van der Waals surface area contributed by atoms with Crippen molar-refractivity contribution in [1.29, 1.82) is 0 Å². The fourth-order valence-corrected chi connectivity index (χ4v) is 1.32. The minimum Gasteiger partial charge on any atom is -0.384 e. The van der Waals surface area contributed by atoms with E-state index in [9.17, 15) is 0 Å². The van der Waals surface area contributed by atoms with Crippen LogP contribution in [0.3, 0.4) is 0 Å². The first-order valence-electron chi connectivity index (χ1n) is 5.38. The summed E-state index contributed by atoms with van der Waals surface area (Å²) in [5, 5.41) is 3.23. The first-order valence-corrected chi connectivity index (χ1v) is 5.38. The summed E-state index contributed by atoms with van der Waals surface area (Å²) in [5.74, 6) is 0. The summed E-state index contributed by atoms with van der Waals surface area (Å²) in [6.07, 6.45) is 11.6. The number of hydrogen-bond acceptors (Lipinski definition) is 1. The molecule has 1 aliphatic rings. The van der Waals surface area contributed by atoms with Gasteiger partial charge >= 0.3 is 0 Å². The Morgan fingerprint density at radius 2 is 2.00 bits per heavy atom. The average Bonchev–Trinajstić information content (AvgIpc) is 2.30. The van der Waals surface area contributed by atoms with E-state index in [4.69, 9.17) is 0 Å². The summed E-state index contributed by atoms with van der Waals surface area (Å²) in [6.45, 7) is 13.5. The fourth-order valence-electron chi connectivity index (χ4n) is 1.32. The van der Waals surface area contributed by atoms with Crippen LogP contribution in [0.4, 0.5) is 0 Å². The lowest BCUT2D eigenvalue weighted by molar-refractivity contribution is 0.728. The van der Waals surface area contributed by atoms with Crippen molar-refractivity contribution in [2.45, 2.75) is 26.8 Å². The standard InChI is InChI=1S/C12H15N.C2H6/c1-4-6-7-12-10(3)13-9-8-11(12)5-2;1-2/h4-10,13H,1-2H2,3H3;1-2H3/b7-6-;. The molecule has 15 heavy (non-hydrogen) atoms. The third kappa shape index (κ3) is 4.03. The molecular weight excluding hydrogens is 182 g/mol. The first-order chi connectivity index (χ1) is 7.29. The zero-order valence-corrected chi connectivity index (χ0v) is 9.96. The van der Waals surface area contributed by atoms with Gasteiger partial charge in [-0.3, -0.25) is 0 Å². The Morgan fingerprint density at radius 3 is 2.53 bits per heavy atom. The maximum atomic E-state index is 3.78. The Balaban J connectivity index is 0.000000921. The Labute approximate surface area is 93.6 Å². The monoisotopic (exact) mass is 203 g/mol. The van der Waals surface area contributed by atoms with Crippen molar-refractivity contribution < 1.29 is 0 Å². The summed E-state index contributed by atoms with van der Waals surface area (Å²) < 4.78 is 0. The molecule has 0 amide bonds. The van der Waals surface area contributed by atoms with Crippen molar-refractivity contribution in [3.8, 4) is 0 Å². The van der Waals surface area contributed by atoms with Gasteiger partial charge < -0.3 is 5.32 Å². The van der Waals surface area contributed by atoms with E-state index in [-0.39, 0.29) is 0 Å². The van der Waals surface area contributed by atoms with Gasteiger partial charge in [0.2, 0.25) is 0 Å². The largest absolute Gasteiger partial charge is 0.384 e. The van der Waals surface area contributed by atoms with Gasteiger partial charge in [-0.2, -0.15) is 0 Å². The second-order valence-corrected chi connectivity index (χ2v) is 2.93. The average molecular weight is 203 g/mol. The van der Waals surface area contributed by atoms with Gasteiger partial charge in [0, 0.05) is 6.04 Å². The lowest BCUT2D eigenvalue weighted by Crippen LogP contribution is -2.25. The van der Waals surface area contributed by atoms with Crippen LogP contribution < -0.4 is 5.32 Å². The first kappa shape index (κ1) is 13.5. The van der Waals surface area contributed by atoms with E-state index in [1.54, 1.807) is 6.08 Å². The normalized spacial score (nSPS) is 19.3. The topological polar surface area (TPSA) is 12.0 Å².